The van der Waals surface area contributed by atoms with Gasteiger partial charge in [0.1, 0.15) is 0 Å². The highest BCUT2D eigenvalue weighted by atomic mass is 16.7. The number of nitrogens with one attached hydrogen (secondary N) is 1. The van der Waals surface area contributed by atoms with Gasteiger partial charge in [0, 0.05) is 13.2 Å². The molecule has 0 spiro atoms. The van der Waals surface area contributed by atoms with Gasteiger partial charge in [-0.3, -0.25) is 5.73 Å². The topological polar surface area (TPSA) is 42.3 Å². The Morgan fingerprint density at radius 3 is 2.40 bits per heavy atom. The van der Waals surface area contributed by atoms with Gasteiger partial charge in [0.25, 0.3) is 0 Å². The van der Waals surface area contributed by atoms with Crippen molar-refractivity contribution in [3.05, 3.63) is 0 Å². The number of hydrogen-bond acceptors (Lipinski definition) is 2. The van der Waals surface area contributed by atoms with Crippen LogP contribution >= 0.6 is 0 Å². The largest absolute Gasteiger partial charge is 0.352 e. The van der Waals surface area contributed by atoms with Crippen molar-refractivity contribution < 1.29 is 9.47 Å². The summed E-state index contributed by atoms with van der Waals surface area (Å²) >= 11 is 0. The van der Waals surface area contributed by atoms with Crippen LogP contribution < -0.4 is 5.73 Å². The molecule has 1 radical (unpaired) electrons. The number of hydrogen-bond donors (Lipinski definition) is 0. The third-order valence-electron chi connectivity index (χ3n) is 1.03. The molecular formula is C7H16NO2. The standard InChI is InChI=1S/C7H16NO2/c1-3-5-10-7(6-8)9-4-2/h7-8H,3-6H2,1-2H3. The van der Waals surface area contributed by atoms with E-state index in [2.05, 4.69) is 0 Å². The quantitative estimate of drug-likeness (QED) is 0.526. The highest BCUT2D eigenvalue weighted by Gasteiger charge is 2.03. The molecule has 0 rings (SSSR count). The molecule has 0 aliphatic heterocycles. The first-order chi connectivity index (χ1) is 4.85. The van der Waals surface area contributed by atoms with Crippen LogP contribution in [-0.4, -0.2) is 26.0 Å². The van der Waals surface area contributed by atoms with Gasteiger partial charge in [0.15, 0.2) is 6.29 Å². The van der Waals surface area contributed by atoms with Gasteiger partial charge in [0.05, 0.1) is 6.54 Å². The van der Waals surface area contributed by atoms with Crippen molar-refractivity contribution in [2.75, 3.05) is 19.8 Å². The van der Waals surface area contributed by atoms with Gasteiger partial charge in [0.2, 0.25) is 0 Å². The predicted molar refractivity (Wildman–Crippen MR) is 39.6 cm³/mol. The summed E-state index contributed by atoms with van der Waals surface area (Å²) in [6.45, 7) is 5.43. The van der Waals surface area contributed by atoms with E-state index in [0.29, 0.717) is 13.2 Å². The van der Waals surface area contributed by atoms with Gasteiger partial charge in [-0.1, -0.05) is 6.92 Å². The minimum absolute atomic E-state index is 0.188. The average molecular weight is 146 g/mol. The minimum Gasteiger partial charge on any atom is -0.352 e. The summed E-state index contributed by atoms with van der Waals surface area (Å²) in [4.78, 5) is 0. The summed E-state index contributed by atoms with van der Waals surface area (Å²) in [6, 6.07) is 0. The first-order valence-electron chi connectivity index (χ1n) is 3.72. The lowest BCUT2D eigenvalue weighted by Gasteiger charge is -2.13. The van der Waals surface area contributed by atoms with E-state index in [1.165, 1.54) is 0 Å². The second-order valence-electron chi connectivity index (χ2n) is 1.96. The lowest BCUT2D eigenvalue weighted by Crippen LogP contribution is -2.22. The molecule has 0 aromatic carbocycles. The highest BCUT2D eigenvalue weighted by molar-refractivity contribution is 4.41. The fraction of sp³-hybridized carbons (Fsp3) is 1.00. The summed E-state index contributed by atoms with van der Waals surface area (Å²) < 4.78 is 10.3. The van der Waals surface area contributed by atoms with E-state index < -0.39 is 0 Å². The molecule has 10 heavy (non-hydrogen) atoms. The predicted octanol–water partition coefficient (Wildman–Crippen LogP) is 1.06. The second kappa shape index (κ2) is 6.99. The van der Waals surface area contributed by atoms with Crippen LogP contribution in [0.2, 0.25) is 0 Å². The molecule has 0 saturated heterocycles. The van der Waals surface area contributed by atoms with Gasteiger partial charge in [-0.05, 0) is 13.3 Å². The van der Waals surface area contributed by atoms with Gasteiger partial charge in [-0.15, -0.1) is 0 Å². The zero-order valence-corrected chi connectivity index (χ0v) is 6.72. The molecule has 0 heterocycles. The first-order valence-corrected chi connectivity index (χ1v) is 3.72. The second-order valence-corrected chi connectivity index (χ2v) is 1.96. The Morgan fingerprint density at radius 2 is 2.00 bits per heavy atom. The lowest BCUT2D eigenvalue weighted by atomic mass is 10.5. The van der Waals surface area contributed by atoms with Gasteiger partial charge in [-0.2, -0.15) is 0 Å². The molecule has 3 nitrogen and oxygen atoms in total. The van der Waals surface area contributed by atoms with Crippen LogP contribution in [0.4, 0.5) is 0 Å². The molecule has 0 aromatic heterocycles. The monoisotopic (exact) mass is 146 g/mol. The van der Waals surface area contributed by atoms with Crippen LogP contribution in [0.3, 0.4) is 0 Å². The van der Waals surface area contributed by atoms with E-state index in [1.54, 1.807) is 0 Å². The Morgan fingerprint density at radius 1 is 1.30 bits per heavy atom. The molecule has 1 atom stereocenters. The van der Waals surface area contributed by atoms with Gasteiger partial charge in [-0.25, -0.2) is 0 Å². The molecule has 61 valence electrons. The molecule has 0 bridgehead atoms. The zero-order valence-electron chi connectivity index (χ0n) is 6.72. The van der Waals surface area contributed by atoms with Crippen molar-refractivity contribution in [3.8, 4) is 0 Å². The summed E-state index contributed by atoms with van der Waals surface area (Å²) in [5, 5.41) is 0. The third-order valence-corrected chi connectivity index (χ3v) is 1.03. The zero-order chi connectivity index (χ0) is 7.82. The molecule has 0 aromatic rings. The Labute approximate surface area is 62.5 Å². The molecule has 0 aliphatic rings. The van der Waals surface area contributed by atoms with Crippen molar-refractivity contribution in [3.63, 3.8) is 0 Å². The molecule has 0 saturated carbocycles. The maximum atomic E-state index is 6.99. The molecule has 0 fully saturated rings. The maximum absolute atomic E-state index is 6.99. The fourth-order valence-electron chi connectivity index (χ4n) is 0.601. The van der Waals surface area contributed by atoms with Crippen LogP contribution in [-0.2, 0) is 9.47 Å². The first kappa shape index (κ1) is 9.88. The molecule has 3 heteroatoms. The fourth-order valence-corrected chi connectivity index (χ4v) is 0.601. The third kappa shape index (κ3) is 4.73. The maximum Gasteiger partial charge on any atom is 0.171 e. The molecule has 0 aliphatic carbocycles. The van der Waals surface area contributed by atoms with E-state index in [9.17, 15) is 0 Å². The smallest absolute Gasteiger partial charge is 0.171 e. The molecule has 1 unspecified atom stereocenters. The SMILES string of the molecule is CCCOC(C[NH])OCC. The Kier molecular flexibility index (Phi) is 6.91. The van der Waals surface area contributed by atoms with E-state index in [-0.39, 0.29) is 12.8 Å². The van der Waals surface area contributed by atoms with Crippen LogP contribution in [0, 0.1) is 0 Å². The van der Waals surface area contributed by atoms with E-state index in [0.717, 1.165) is 6.42 Å². The van der Waals surface area contributed by atoms with Gasteiger partial charge >= 0.3 is 0 Å². The molecular weight excluding hydrogens is 130 g/mol. The normalized spacial score (nSPS) is 13.5. The van der Waals surface area contributed by atoms with Gasteiger partial charge < -0.3 is 9.47 Å². The van der Waals surface area contributed by atoms with Crippen molar-refractivity contribution in [1.29, 1.82) is 0 Å². The highest BCUT2D eigenvalue weighted by Crippen LogP contribution is 1.93. The Bertz CT molecular complexity index is 68.6. The van der Waals surface area contributed by atoms with Crippen LogP contribution in [0.15, 0.2) is 0 Å². The van der Waals surface area contributed by atoms with Crippen LogP contribution in [0.5, 0.6) is 0 Å². The number of ether oxygens (including phenoxy) is 2. The lowest BCUT2D eigenvalue weighted by molar-refractivity contribution is -0.132. The summed E-state index contributed by atoms with van der Waals surface area (Å²) in [7, 11) is 0. The van der Waals surface area contributed by atoms with Crippen molar-refractivity contribution in [2.24, 2.45) is 0 Å². The van der Waals surface area contributed by atoms with Crippen LogP contribution in [0.25, 0.3) is 0 Å². The summed E-state index contributed by atoms with van der Waals surface area (Å²) in [5.41, 5.74) is 6.99. The Hall–Kier alpha value is -0.120. The number of rotatable bonds is 6. The van der Waals surface area contributed by atoms with Crippen LogP contribution in [0.1, 0.15) is 20.3 Å². The van der Waals surface area contributed by atoms with E-state index >= 15 is 0 Å². The average Bonchev–Trinajstić information content (AvgIpc) is 1.98. The van der Waals surface area contributed by atoms with E-state index in [4.69, 9.17) is 15.2 Å². The van der Waals surface area contributed by atoms with Crippen molar-refractivity contribution in [1.82, 2.24) is 5.73 Å². The summed E-state index contributed by atoms with van der Waals surface area (Å²) in [6.07, 6.45) is 0.661. The summed E-state index contributed by atoms with van der Waals surface area (Å²) in [5.74, 6) is 0. The molecule has 0 amide bonds. The van der Waals surface area contributed by atoms with E-state index in [1.807, 2.05) is 13.8 Å². The van der Waals surface area contributed by atoms with Crippen molar-refractivity contribution >= 4 is 0 Å². The minimum atomic E-state index is -0.315. The Balaban J connectivity index is 3.21. The molecule has 1 N–H and O–H groups in total. The van der Waals surface area contributed by atoms with Crippen molar-refractivity contribution in [2.45, 2.75) is 26.6 Å².